The molecule has 1 N–H and O–H groups in total. The van der Waals surface area contributed by atoms with E-state index in [-0.39, 0.29) is 5.91 Å². The van der Waals surface area contributed by atoms with Gasteiger partial charge in [0.25, 0.3) is 5.91 Å². The summed E-state index contributed by atoms with van der Waals surface area (Å²) in [5, 5.41) is 9.62. The van der Waals surface area contributed by atoms with Crippen LogP contribution in [0.4, 0.5) is 0 Å². The summed E-state index contributed by atoms with van der Waals surface area (Å²) in [6.45, 7) is 0.459. The van der Waals surface area contributed by atoms with Gasteiger partial charge in [-0.05, 0) is 37.5 Å². The Morgan fingerprint density at radius 2 is 2.15 bits per heavy atom. The molecule has 108 valence electrons. The minimum absolute atomic E-state index is 0.299. The number of amides is 1. The Balaban J connectivity index is 2.27. The summed E-state index contributed by atoms with van der Waals surface area (Å²) in [6, 6.07) is 3.95. The standard InChI is InChI=1S/C14H16ClNO4/c1-20-12-8-9(5-6-10(12)15)13(17)16-7-3-2-4-11(16)14(18)19/h5-6,8,11H,2-4,7H2,1H3,(H,18,19)/t11-/m1/s1. The number of carboxylic acids is 1. The van der Waals surface area contributed by atoms with Crippen LogP contribution >= 0.6 is 11.6 Å². The van der Waals surface area contributed by atoms with Crippen LogP contribution in [0.1, 0.15) is 29.6 Å². The van der Waals surface area contributed by atoms with Crippen LogP contribution in [0.3, 0.4) is 0 Å². The topological polar surface area (TPSA) is 66.8 Å². The van der Waals surface area contributed by atoms with Crippen molar-refractivity contribution in [3.8, 4) is 5.75 Å². The number of piperidine rings is 1. The number of hydrogen-bond donors (Lipinski definition) is 1. The number of nitrogens with zero attached hydrogens (tertiary/aromatic N) is 1. The van der Waals surface area contributed by atoms with Gasteiger partial charge in [0, 0.05) is 12.1 Å². The first kappa shape index (κ1) is 14.7. The van der Waals surface area contributed by atoms with Crippen LogP contribution in [0.5, 0.6) is 5.75 Å². The number of aliphatic carboxylic acids is 1. The van der Waals surface area contributed by atoms with Crippen molar-refractivity contribution in [3.63, 3.8) is 0 Å². The molecular formula is C14H16ClNO4. The first-order valence-electron chi connectivity index (χ1n) is 6.42. The van der Waals surface area contributed by atoms with Crippen molar-refractivity contribution < 1.29 is 19.4 Å². The molecule has 0 saturated carbocycles. The molecule has 1 fully saturated rings. The van der Waals surface area contributed by atoms with Crippen LogP contribution in [0.2, 0.25) is 5.02 Å². The molecule has 1 aliphatic heterocycles. The van der Waals surface area contributed by atoms with Crippen molar-refractivity contribution in [1.29, 1.82) is 0 Å². The van der Waals surface area contributed by atoms with Crippen molar-refractivity contribution >= 4 is 23.5 Å². The molecule has 5 nitrogen and oxygen atoms in total. The van der Waals surface area contributed by atoms with Crippen LogP contribution in [-0.2, 0) is 4.79 Å². The monoisotopic (exact) mass is 297 g/mol. The second kappa shape index (κ2) is 6.13. The zero-order valence-corrected chi connectivity index (χ0v) is 11.9. The summed E-state index contributed by atoms with van der Waals surface area (Å²) in [4.78, 5) is 25.1. The van der Waals surface area contributed by atoms with E-state index < -0.39 is 12.0 Å². The molecular weight excluding hydrogens is 282 g/mol. The van der Waals surface area contributed by atoms with Gasteiger partial charge in [-0.3, -0.25) is 4.79 Å². The van der Waals surface area contributed by atoms with E-state index >= 15 is 0 Å². The molecule has 0 spiro atoms. The quantitative estimate of drug-likeness (QED) is 0.930. The number of rotatable bonds is 3. The first-order chi connectivity index (χ1) is 9.54. The Labute approximate surface area is 122 Å². The fraction of sp³-hybridized carbons (Fsp3) is 0.429. The maximum Gasteiger partial charge on any atom is 0.326 e. The molecule has 0 radical (unpaired) electrons. The maximum absolute atomic E-state index is 12.5. The zero-order chi connectivity index (χ0) is 14.7. The normalized spacial score (nSPS) is 18.7. The highest BCUT2D eigenvalue weighted by Gasteiger charge is 2.32. The number of hydrogen-bond acceptors (Lipinski definition) is 3. The Bertz CT molecular complexity index is 532. The summed E-state index contributed by atoms with van der Waals surface area (Å²) in [5.74, 6) is -0.854. The number of carbonyl (C=O) groups is 2. The number of carbonyl (C=O) groups excluding carboxylic acids is 1. The molecule has 0 aliphatic carbocycles. The molecule has 1 aliphatic rings. The Kier molecular flexibility index (Phi) is 4.49. The maximum atomic E-state index is 12.5. The van der Waals surface area contributed by atoms with Gasteiger partial charge in [0.2, 0.25) is 0 Å². The Hall–Kier alpha value is -1.75. The number of carboxylic acid groups (broad SMARTS) is 1. The molecule has 20 heavy (non-hydrogen) atoms. The van der Waals surface area contributed by atoms with Gasteiger partial charge >= 0.3 is 5.97 Å². The molecule has 0 aromatic heterocycles. The summed E-state index contributed by atoms with van der Waals surface area (Å²) in [7, 11) is 1.47. The third-order valence-electron chi connectivity index (χ3n) is 3.45. The number of ether oxygens (including phenoxy) is 1. The van der Waals surface area contributed by atoms with E-state index in [0.717, 1.165) is 12.8 Å². The van der Waals surface area contributed by atoms with Crippen molar-refractivity contribution in [2.24, 2.45) is 0 Å². The largest absolute Gasteiger partial charge is 0.495 e. The predicted molar refractivity (Wildman–Crippen MR) is 74.3 cm³/mol. The highest BCUT2D eigenvalue weighted by molar-refractivity contribution is 6.32. The smallest absolute Gasteiger partial charge is 0.326 e. The molecule has 1 aromatic rings. The minimum Gasteiger partial charge on any atom is -0.495 e. The van der Waals surface area contributed by atoms with Crippen LogP contribution < -0.4 is 4.74 Å². The molecule has 6 heteroatoms. The fourth-order valence-corrected chi connectivity index (χ4v) is 2.58. The Morgan fingerprint density at radius 3 is 2.80 bits per heavy atom. The van der Waals surface area contributed by atoms with Gasteiger partial charge in [-0.25, -0.2) is 4.79 Å². The van der Waals surface area contributed by atoms with Gasteiger partial charge in [-0.2, -0.15) is 0 Å². The van der Waals surface area contributed by atoms with Gasteiger partial charge < -0.3 is 14.7 Å². The lowest BCUT2D eigenvalue weighted by Gasteiger charge is -2.33. The Morgan fingerprint density at radius 1 is 1.40 bits per heavy atom. The highest BCUT2D eigenvalue weighted by Crippen LogP contribution is 2.27. The average molecular weight is 298 g/mol. The SMILES string of the molecule is COc1cc(C(=O)N2CCCC[C@@H]2C(=O)O)ccc1Cl. The lowest BCUT2D eigenvalue weighted by molar-refractivity contribution is -0.143. The van der Waals surface area contributed by atoms with Crippen molar-refractivity contribution in [3.05, 3.63) is 28.8 Å². The fourth-order valence-electron chi connectivity index (χ4n) is 2.39. The second-order valence-electron chi connectivity index (χ2n) is 4.70. The zero-order valence-electron chi connectivity index (χ0n) is 11.1. The lowest BCUT2D eigenvalue weighted by Crippen LogP contribution is -2.47. The molecule has 1 atom stereocenters. The van der Waals surface area contributed by atoms with Crippen molar-refractivity contribution in [1.82, 2.24) is 4.90 Å². The summed E-state index contributed by atoms with van der Waals surface area (Å²) < 4.78 is 5.08. The lowest BCUT2D eigenvalue weighted by atomic mass is 10.0. The van der Waals surface area contributed by atoms with Gasteiger partial charge in [-0.15, -0.1) is 0 Å². The minimum atomic E-state index is -0.959. The van der Waals surface area contributed by atoms with Crippen LogP contribution in [0, 0.1) is 0 Å². The number of halogens is 1. The highest BCUT2D eigenvalue weighted by atomic mass is 35.5. The van der Waals surface area contributed by atoms with Crippen molar-refractivity contribution in [2.45, 2.75) is 25.3 Å². The second-order valence-corrected chi connectivity index (χ2v) is 5.10. The van der Waals surface area contributed by atoms with E-state index in [1.165, 1.54) is 18.1 Å². The molecule has 1 saturated heterocycles. The molecule has 1 heterocycles. The number of benzene rings is 1. The molecule has 1 amide bonds. The van der Waals surface area contributed by atoms with Crippen LogP contribution in [-0.4, -0.2) is 41.6 Å². The van der Waals surface area contributed by atoms with Gasteiger partial charge in [-0.1, -0.05) is 11.6 Å². The average Bonchev–Trinajstić information content (AvgIpc) is 2.47. The van der Waals surface area contributed by atoms with E-state index in [0.29, 0.717) is 29.3 Å². The van der Waals surface area contributed by atoms with E-state index in [2.05, 4.69) is 0 Å². The molecule has 0 bridgehead atoms. The predicted octanol–water partition coefficient (Wildman–Crippen LogP) is 2.43. The number of methoxy groups -OCH3 is 1. The van der Waals surface area contributed by atoms with Crippen molar-refractivity contribution in [2.75, 3.05) is 13.7 Å². The van der Waals surface area contributed by atoms with Gasteiger partial charge in [0.15, 0.2) is 0 Å². The first-order valence-corrected chi connectivity index (χ1v) is 6.79. The van der Waals surface area contributed by atoms with Crippen LogP contribution in [0.25, 0.3) is 0 Å². The van der Waals surface area contributed by atoms with E-state index in [1.54, 1.807) is 12.1 Å². The van der Waals surface area contributed by atoms with E-state index in [4.69, 9.17) is 16.3 Å². The summed E-state index contributed by atoms with van der Waals surface area (Å²) >= 11 is 5.92. The molecule has 1 aromatic carbocycles. The third kappa shape index (κ3) is 2.88. The van der Waals surface area contributed by atoms with Gasteiger partial charge in [0.1, 0.15) is 11.8 Å². The molecule has 0 unspecified atom stereocenters. The van der Waals surface area contributed by atoms with E-state index in [9.17, 15) is 14.7 Å². The van der Waals surface area contributed by atoms with E-state index in [1.807, 2.05) is 0 Å². The number of likely N-dealkylation sites (tertiary alicyclic amines) is 1. The summed E-state index contributed by atoms with van der Waals surface area (Å²) in [5.41, 5.74) is 0.388. The third-order valence-corrected chi connectivity index (χ3v) is 3.76. The molecule has 2 rings (SSSR count). The summed E-state index contributed by atoms with van der Waals surface area (Å²) in [6.07, 6.45) is 2.14. The van der Waals surface area contributed by atoms with Gasteiger partial charge in [0.05, 0.1) is 12.1 Å². The van der Waals surface area contributed by atoms with Crippen LogP contribution in [0.15, 0.2) is 18.2 Å².